The van der Waals surface area contributed by atoms with Crippen LogP contribution in [0.2, 0.25) is 0 Å². The summed E-state index contributed by atoms with van der Waals surface area (Å²) in [6.45, 7) is 7.99. The summed E-state index contributed by atoms with van der Waals surface area (Å²) in [7, 11) is -4.17. The molecule has 2 aromatic carbocycles. The van der Waals surface area contributed by atoms with Gasteiger partial charge in [0, 0.05) is 33.6 Å². The zero-order valence-electron chi connectivity index (χ0n) is 17.0. The zero-order valence-corrected chi connectivity index (χ0v) is 18.6. The van der Waals surface area contributed by atoms with Crippen LogP contribution < -0.4 is 15.9 Å². The monoisotopic (exact) mass is 453 g/mol. The molecule has 1 aromatic heterocycles. The molecular weight excluding hydrogens is 426 g/mol. The second-order valence-electron chi connectivity index (χ2n) is 6.53. The number of rotatable bonds is 7. The van der Waals surface area contributed by atoms with E-state index in [1.54, 1.807) is 11.3 Å². The molecule has 0 aliphatic rings. The van der Waals surface area contributed by atoms with Gasteiger partial charge >= 0.3 is 10.3 Å². The smallest absolute Gasteiger partial charge is 0.330 e. The van der Waals surface area contributed by atoms with Gasteiger partial charge in [-0.25, -0.2) is 5.14 Å². The Morgan fingerprint density at radius 1 is 1.13 bits per heavy atom. The normalized spacial score (nSPS) is 11.5. The van der Waals surface area contributed by atoms with E-state index < -0.39 is 10.3 Å². The van der Waals surface area contributed by atoms with Crippen molar-refractivity contribution >= 4 is 47.5 Å². The minimum Gasteiger partial charge on any atom is -0.392 e. The summed E-state index contributed by atoms with van der Waals surface area (Å²) >= 11 is 1.57. The van der Waals surface area contributed by atoms with Crippen LogP contribution >= 0.6 is 11.3 Å². The van der Waals surface area contributed by atoms with E-state index in [0.29, 0.717) is 5.39 Å². The summed E-state index contributed by atoms with van der Waals surface area (Å²) in [5.41, 5.74) is 1.69. The topological polar surface area (TPSA) is 133 Å². The van der Waals surface area contributed by atoms with Crippen molar-refractivity contribution in [2.24, 2.45) is 5.14 Å². The van der Waals surface area contributed by atoms with Crippen molar-refractivity contribution in [2.45, 2.75) is 20.5 Å². The quantitative estimate of drug-likeness (QED) is 0.319. The molecule has 8 nitrogen and oxygen atoms in total. The third-order valence-electron chi connectivity index (χ3n) is 4.62. The van der Waals surface area contributed by atoms with Crippen molar-refractivity contribution in [2.75, 3.05) is 31.5 Å². The molecule has 30 heavy (non-hydrogen) atoms. The molecule has 10 heteroatoms. The third-order valence-corrected chi connectivity index (χ3v) is 5.86. The van der Waals surface area contributed by atoms with Crippen molar-refractivity contribution in [3.05, 3.63) is 52.2 Å². The highest BCUT2D eigenvalue weighted by molar-refractivity contribution is 7.83. The molecule has 5 N–H and O–H groups in total. The second-order valence-corrected chi connectivity index (χ2v) is 8.61. The summed E-state index contributed by atoms with van der Waals surface area (Å²) in [6, 6.07) is 11.5. The lowest BCUT2D eigenvalue weighted by Crippen LogP contribution is -2.28. The number of anilines is 1. The molecule has 3 aromatic rings. The van der Waals surface area contributed by atoms with Gasteiger partial charge in [0.25, 0.3) is 0 Å². The Balaban J connectivity index is 0.000000575. The van der Waals surface area contributed by atoms with E-state index in [9.17, 15) is 9.90 Å². The average molecular weight is 454 g/mol. The molecule has 0 fully saturated rings. The van der Waals surface area contributed by atoms with Crippen molar-refractivity contribution in [1.29, 1.82) is 0 Å². The maximum absolute atomic E-state index is 13.1. The van der Waals surface area contributed by atoms with Crippen LogP contribution in [0.1, 0.15) is 19.4 Å². The van der Waals surface area contributed by atoms with Crippen LogP contribution in [0.4, 0.5) is 5.69 Å². The lowest BCUT2D eigenvalue weighted by atomic mass is 10.1. The molecule has 1 heterocycles. The van der Waals surface area contributed by atoms with E-state index in [1.807, 2.05) is 36.4 Å². The van der Waals surface area contributed by atoms with Gasteiger partial charge in [0.1, 0.15) is 0 Å². The predicted molar refractivity (Wildman–Crippen MR) is 124 cm³/mol. The number of benzene rings is 2. The summed E-state index contributed by atoms with van der Waals surface area (Å²) < 4.78 is 27.0. The second kappa shape index (κ2) is 10.8. The van der Waals surface area contributed by atoms with Crippen molar-refractivity contribution < 1.29 is 18.1 Å². The molecule has 164 valence electrons. The lowest BCUT2D eigenvalue weighted by molar-refractivity contribution is 0.283. The molecule has 0 aliphatic carbocycles. The first kappa shape index (κ1) is 24.2. The summed E-state index contributed by atoms with van der Waals surface area (Å²) in [6.07, 6.45) is 0. The highest BCUT2D eigenvalue weighted by Crippen LogP contribution is 2.31. The van der Waals surface area contributed by atoms with Gasteiger partial charge in [0.05, 0.1) is 12.0 Å². The molecule has 3 rings (SSSR count). The van der Waals surface area contributed by atoms with Gasteiger partial charge in [-0.05, 0) is 36.9 Å². The summed E-state index contributed by atoms with van der Waals surface area (Å²) in [5, 5.41) is 18.4. The first-order valence-electron chi connectivity index (χ1n) is 9.49. The van der Waals surface area contributed by atoms with Gasteiger partial charge in [0.15, 0.2) is 5.43 Å². The van der Waals surface area contributed by atoms with Crippen LogP contribution in [-0.4, -0.2) is 49.2 Å². The maximum atomic E-state index is 13.1. The maximum Gasteiger partial charge on any atom is 0.330 e. The van der Waals surface area contributed by atoms with Gasteiger partial charge < -0.3 is 15.3 Å². The largest absolute Gasteiger partial charge is 0.392 e. The number of nitrogens with zero attached hydrogens (tertiary/aromatic N) is 1. The van der Waals surface area contributed by atoms with Crippen LogP contribution in [0, 0.1) is 0 Å². The Hall–Kier alpha value is -2.08. The molecule has 0 saturated carbocycles. The molecule has 0 aliphatic heterocycles. The molecule has 0 atom stereocenters. The molecule has 0 spiro atoms. The SMILES string of the molecule is CCN(CC)CCNc1ccc(CO)c2sc3ccccc3c(=O)c12.NS(=O)(=O)O. The van der Waals surface area contributed by atoms with Crippen LogP contribution in [0.5, 0.6) is 0 Å². The standard InChI is InChI=1S/C20H24N2O2S.H3NO3S/c1-3-22(4-2)12-11-21-16-10-9-14(13-23)20-18(16)19(24)15-7-5-6-8-17(15)25-20;1-5(2,3)4/h5-10,21,23H,3-4,11-13H2,1-2H3;(H3,1,2,3,4). The third kappa shape index (κ3) is 6.46. The minimum absolute atomic E-state index is 0.0324. The van der Waals surface area contributed by atoms with E-state index in [1.165, 1.54) is 0 Å². The average Bonchev–Trinajstić information content (AvgIpc) is 2.70. The number of nitrogens with one attached hydrogen (secondary N) is 1. The number of likely N-dealkylation sites (N-methyl/N-ethyl adjacent to an activating group) is 1. The van der Waals surface area contributed by atoms with Gasteiger partial charge in [-0.3, -0.25) is 9.35 Å². The van der Waals surface area contributed by atoms with Gasteiger partial charge in [-0.15, -0.1) is 11.3 Å². The van der Waals surface area contributed by atoms with E-state index in [0.717, 1.165) is 52.2 Å². The number of aliphatic hydroxyl groups is 1. The van der Waals surface area contributed by atoms with Crippen LogP contribution in [0.3, 0.4) is 0 Å². The Bertz CT molecular complexity index is 1150. The first-order chi connectivity index (χ1) is 14.2. The Labute approximate surface area is 179 Å². The highest BCUT2D eigenvalue weighted by Gasteiger charge is 2.13. The predicted octanol–water partition coefficient (Wildman–Crippen LogP) is 2.41. The number of aliphatic hydroxyl groups excluding tert-OH is 1. The fraction of sp³-hybridized carbons (Fsp3) is 0.350. The fourth-order valence-corrected chi connectivity index (χ4v) is 4.32. The van der Waals surface area contributed by atoms with Crippen LogP contribution in [-0.2, 0) is 16.9 Å². The van der Waals surface area contributed by atoms with E-state index in [2.05, 4.69) is 29.2 Å². The molecule has 0 radical (unpaired) electrons. The van der Waals surface area contributed by atoms with Crippen molar-refractivity contribution in [1.82, 2.24) is 4.90 Å². The highest BCUT2D eigenvalue weighted by atomic mass is 32.2. The van der Waals surface area contributed by atoms with E-state index >= 15 is 0 Å². The fourth-order valence-electron chi connectivity index (χ4n) is 3.12. The molecule has 0 saturated heterocycles. The molecule has 0 amide bonds. The summed E-state index contributed by atoms with van der Waals surface area (Å²) in [4.78, 5) is 15.4. The van der Waals surface area contributed by atoms with E-state index in [4.69, 9.17) is 13.0 Å². The Morgan fingerprint density at radius 3 is 2.37 bits per heavy atom. The summed E-state index contributed by atoms with van der Waals surface area (Å²) in [5.74, 6) is 0. The van der Waals surface area contributed by atoms with Gasteiger partial charge in [0.2, 0.25) is 0 Å². The number of hydrogen-bond acceptors (Lipinski definition) is 7. The molecule has 0 unspecified atom stereocenters. The van der Waals surface area contributed by atoms with Gasteiger partial charge in [-0.2, -0.15) is 8.42 Å². The lowest BCUT2D eigenvalue weighted by Gasteiger charge is -2.19. The zero-order chi connectivity index (χ0) is 22.3. The van der Waals surface area contributed by atoms with Crippen molar-refractivity contribution in [3.63, 3.8) is 0 Å². The van der Waals surface area contributed by atoms with Crippen LogP contribution in [0.15, 0.2) is 41.2 Å². The van der Waals surface area contributed by atoms with Gasteiger partial charge in [-0.1, -0.05) is 32.0 Å². The number of hydrogen-bond donors (Lipinski definition) is 4. The molecular formula is C20H27N3O5S2. The Kier molecular flexibility index (Phi) is 8.71. The number of fused-ring (bicyclic) bond motifs is 2. The minimum atomic E-state index is -4.17. The van der Waals surface area contributed by atoms with Crippen molar-refractivity contribution in [3.8, 4) is 0 Å². The van der Waals surface area contributed by atoms with Crippen LogP contribution in [0.25, 0.3) is 20.2 Å². The van der Waals surface area contributed by atoms with E-state index in [-0.39, 0.29) is 12.0 Å². The molecule has 0 bridgehead atoms. The Morgan fingerprint density at radius 2 is 1.77 bits per heavy atom. The first-order valence-corrected chi connectivity index (χ1v) is 11.8. The number of nitrogens with two attached hydrogens (primary N) is 1.